The quantitative estimate of drug-likeness (QED) is 0.275. The molecule has 1 atom stereocenters. The first-order valence-corrected chi connectivity index (χ1v) is 14.7. The van der Waals surface area contributed by atoms with E-state index in [2.05, 4.69) is 4.98 Å². The average Bonchev–Trinajstić information content (AvgIpc) is 3.61. The van der Waals surface area contributed by atoms with Crippen LogP contribution in [0.2, 0.25) is 0 Å². The van der Waals surface area contributed by atoms with E-state index in [0.717, 1.165) is 18.4 Å². The van der Waals surface area contributed by atoms with Gasteiger partial charge in [0.25, 0.3) is 5.91 Å². The molecule has 1 unspecified atom stereocenters. The average molecular weight is 554 g/mol. The van der Waals surface area contributed by atoms with Crippen molar-refractivity contribution in [3.05, 3.63) is 89.7 Å². The van der Waals surface area contributed by atoms with Gasteiger partial charge in [-0.3, -0.25) is 9.69 Å². The highest BCUT2D eigenvalue weighted by Gasteiger charge is 2.29. The fourth-order valence-electron chi connectivity index (χ4n) is 4.49. The highest BCUT2D eigenvalue weighted by atomic mass is 32.2. The molecular formula is C28H28FN3O4S2. The van der Waals surface area contributed by atoms with Crippen LogP contribution in [0.25, 0.3) is 10.2 Å². The van der Waals surface area contributed by atoms with Gasteiger partial charge in [-0.15, -0.1) is 0 Å². The number of sulfonamides is 1. The maximum atomic E-state index is 14.3. The molecule has 0 spiro atoms. The molecule has 1 fully saturated rings. The monoisotopic (exact) mass is 553 g/mol. The summed E-state index contributed by atoms with van der Waals surface area (Å²) in [6.45, 7) is 3.26. The Hall–Kier alpha value is -3.18. The van der Waals surface area contributed by atoms with Crippen LogP contribution in [0.4, 0.5) is 9.52 Å². The molecule has 3 aromatic carbocycles. The predicted molar refractivity (Wildman–Crippen MR) is 146 cm³/mol. The van der Waals surface area contributed by atoms with E-state index in [4.69, 9.17) is 4.74 Å². The number of para-hydroxylation sites is 1. The summed E-state index contributed by atoms with van der Waals surface area (Å²) in [5.74, 6) is -0.791. The van der Waals surface area contributed by atoms with Crippen LogP contribution in [-0.2, 0) is 21.3 Å². The summed E-state index contributed by atoms with van der Waals surface area (Å²) in [5, 5.41) is 0.377. The molecule has 7 nitrogen and oxygen atoms in total. The Morgan fingerprint density at radius 1 is 1.08 bits per heavy atom. The Morgan fingerprint density at radius 2 is 1.84 bits per heavy atom. The smallest absolute Gasteiger partial charge is 0.260 e. The molecule has 198 valence electrons. The van der Waals surface area contributed by atoms with Crippen LogP contribution in [0.15, 0.2) is 77.7 Å². The number of benzene rings is 3. The largest absolute Gasteiger partial charge is 0.376 e. The van der Waals surface area contributed by atoms with Crippen LogP contribution >= 0.6 is 11.3 Å². The SMILES string of the molecule is CCN(Cc1ccccc1)S(=O)(=O)c1ccc(C(=O)N(CC2CCCO2)c2nc3c(F)cccc3s2)cc1. The maximum Gasteiger partial charge on any atom is 0.260 e. The van der Waals surface area contributed by atoms with Gasteiger partial charge in [0.15, 0.2) is 5.13 Å². The summed E-state index contributed by atoms with van der Waals surface area (Å²) in [5.41, 5.74) is 1.42. The Bertz CT molecular complexity index is 1520. The topological polar surface area (TPSA) is 79.8 Å². The third kappa shape index (κ3) is 5.49. The highest BCUT2D eigenvalue weighted by molar-refractivity contribution is 7.89. The molecular weight excluding hydrogens is 525 g/mol. The Morgan fingerprint density at radius 3 is 2.50 bits per heavy atom. The number of amides is 1. The summed E-state index contributed by atoms with van der Waals surface area (Å²) in [6.07, 6.45) is 1.57. The van der Waals surface area contributed by atoms with Crippen molar-refractivity contribution in [2.45, 2.75) is 37.3 Å². The van der Waals surface area contributed by atoms with Crippen LogP contribution in [-0.4, -0.2) is 49.4 Å². The first-order valence-electron chi connectivity index (χ1n) is 12.5. The zero-order chi connectivity index (χ0) is 26.7. The second-order valence-corrected chi connectivity index (χ2v) is 12.0. The van der Waals surface area contributed by atoms with Gasteiger partial charge in [0.2, 0.25) is 10.0 Å². The molecule has 0 bridgehead atoms. The molecule has 4 aromatic rings. The van der Waals surface area contributed by atoms with E-state index in [-0.39, 0.29) is 35.5 Å². The van der Waals surface area contributed by atoms with Crippen LogP contribution < -0.4 is 4.90 Å². The van der Waals surface area contributed by atoms with Crippen molar-refractivity contribution in [2.75, 3.05) is 24.6 Å². The lowest BCUT2D eigenvalue weighted by Gasteiger charge is -2.23. The maximum absolute atomic E-state index is 14.3. The molecule has 0 radical (unpaired) electrons. The minimum absolute atomic E-state index is 0.111. The first-order chi connectivity index (χ1) is 18.4. The van der Waals surface area contributed by atoms with Gasteiger partial charge in [-0.05, 0) is 54.8 Å². The number of halogens is 1. The number of aromatic nitrogens is 1. The number of thiazole rings is 1. The highest BCUT2D eigenvalue weighted by Crippen LogP contribution is 2.32. The zero-order valence-electron chi connectivity index (χ0n) is 20.9. The van der Waals surface area contributed by atoms with Gasteiger partial charge < -0.3 is 4.74 Å². The van der Waals surface area contributed by atoms with Gasteiger partial charge in [0.1, 0.15) is 11.3 Å². The molecule has 38 heavy (non-hydrogen) atoms. The normalized spacial score (nSPS) is 15.8. The van der Waals surface area contributed by atoms with E-state index in [1.54, 1.807) is 19.1 Å². The van der Waals surface area contributed by atoms with E-state index in [1.165, 1.54) is 50.9 Å². The lowest BCUT2D eigenvalue weighted by molar-refractivity contribution is 0.0917. The second-order valence-electron chi connectivity index (χ2n) is 9.07. The van der Waals surface area contributed by atoms with Crippen molar-refractivity contribution in [3.8, 4) is 0 Å². The van der Waals surface area contributed by atoms with Gasteiger partial charge in [-0.1, -0.05) is 54.7 Å². The van der Waals surface area contributed by atoms with Gasteiger partial charge in [0, 0.05) is 25.3 Å². The zero-order valence-corrected chi connectivity index (χ0v) is 22.6. The molecule has 1 aliphatic heterocycles. The summed E-state index contributed by atoms with van der Waals surface area (Å²) in [7, 11) is -3.77. The van der Waals surface area contributed by atoms with Crippen molar-refractivity contribution >= 4 is 42.6 Å². The molecule has 0 aliphatic carbocycles. The van der Waals surface area contributed by atoms with Gasteiger partial charge in [-0.2, -0.15) is 4.31 Å². The van der Waals surface area contributed by atoms with Crippen LogP contribution in [0.1, 0.15) is 35.7 Å². The van der Waals surface area contributed by atoms with Gasteiger partial charge in [-0.25, -0.2) is 17.8 Å². The minimum atomic E-state index is -3.77. The number of ether oxygens (including phenoxy) is 1. The number of fused-ring (bicyclic) bond motifs is 1. The molecule has 1 amide bonds. The van der Waals surface area contributed by atoms with Crippen molar-refractivity contribution < 1.29 is 22.3 Å². The number of nitrogens with zero attached hydrogens (tertiary/aromatic N) is 3. The summed E-state index contributed by atoms with van der Waals surface area (Å²) in [4.78, 5) is 19.7. The van der Waals surface area contributed by atoms with E-state index in [9.17, 15) is 17.6 Å². The summed E-state index contributed by atoms with van der Waals surface area (Å²) < 4.78 is 48.8. The number of carbonyl (C=O) groups excluding carboxylic acids is 1. The van der Waals surface area contributed by atoms with Crippen LogP contribution in [0, 0.1) is 5.82 Å². The molecule has 10 heteroatoms. The first kappa shape index (κ1) is 26.4. The number of anilines is 1. The molecule has 0 saturated carbocycles. The molecule has 1 aliphatic rings. The van der Waals surface area contributed by atoms with Crippen molar-refractivity contribution in [1.82, 2.24) is 9.29 Å². The Kier molecular flexibility index (Phi) is 7.85. The Balaban J connectivity index is 1.42. The summed E-state index contributed by atoms with van der Waals surface area (Å²) >= 11 is 1.24. The molecule has 1 saturated heterocycles. The van der Waals surface area contributed by atoms with Gasteiger partial charge in [0.05, 0.1) is 22.2 Å². The van der Waals surface area contributed by atoms with Crippen molar-refractivity contribution in [3.63, 3.8) is 0 Å². The van der Waals surface area contributed by atoms with E-state index in [0.29, 0.717) is 28.5 Å². The number of hydrogen-bond acceptors (Lipinski definition) is 6. The summed E-state index contributed by atoms with van der Waals surface area (Å²) in [6, 6.07) is 20.1. The molecule has 5 rings (SSSR count). The predicted octanol–water partition coefficient (Wildman–Crippen LogP) is 5.47. The lowest BCUT2D eigenvalue weighted by Crippen LogP contribution is -2.37. The van der Waals surface area contributed by atoms with E-state index in [1.807, 2.05) is 30.3 Å². The second kappa shape index (κ2) is 11.3. The van der Waals surface area contributed by atoms with Crippen LogP contribution in [0.5, 0.6) is 0 Å². The third-order valence-corrected chi connectivity index (χ3v) is 9.52. The van der Waals surface area contributed by atoms with E-state index < -0.39 is 15.8 Å². The lowest BCUT2D eigenvalue weighted by atomic mass is 10.2. The number of hydrogen-bond donors (Lipinski definition) is 0. The molecule has 1 aromatic heterocycles. The minimum Gasteiger partial charge on any atom is -0.376 e. The number of carbonyl (C=O) groups is 1. The van der Waals surface area contributed by atoms with Crippen molar-refractivity contribution in [1.29, 1.82) is 0 Å². The molecule has 0 N–H and O–H groups in total. The standard InChI is InChI=1S/C28H28FN3O4S2/c1-2-31(18-20-8-4-3-5-9-20)38(34,35)23-15-13-21(14-16-23)27(33)32(19-22-10-7-17-36-22)28-30-26-24(29)11-6-12-25(26)37-28/h3-6,8-9,11-16,22H,2,7,10,17-19H2,1H3. The van der Waals surface area contributed by atoms with Gasteiger partial charge >= 0.3 is 0 Å². The fourth-order valence-corrected chi connectivity index (χ4v) is 6.91. The fraction of sp³-hybridized carbons (Fsp3) is 0.286. The third-order valence-electron chi connectivity index (χ3n) is 6.54. The van der Waals surface area contributed by atoms with Crippen LogP contribution in [0.3, 0.4) is 0 Å². The van der Waals surface area contributed by atoms with E-state index >= 15 is 0 Å². The number of rotatable bonds is 9. The molecule has 2 heterocycles. The Labute approximate surface area is 225 Å². The van der Waals surface area contributed by atoms with Crippen molar-refractivity contribution in [2.24, 2.45) is 0 Å².